The fourth-order valence-electron chi connectivity index (χ4n) is 5.07. The molecule has 0 spiro atoms. The Hall–Kier alpha value is -2.63. The average molecular weight is 643 g/mol. The maximum atomic E-state index is 13.4. The van der Waals surface area contributed by atoms with E-state index in [1.165, 1.54) is 18.2 Å². The number of nitrogens with one attached hydrogen (secondary N) is 3. The SMILES string of the molecule is CCCNCc1ccc2c(c1)CCC[C@H]2NC(=O)CC(NS(=O)(=O)c1cccc(C(F)(F)F)c1)c1cc(Cl)cc(Cl)c1. The quantitative estimate of drug-likeness (QED) is 0.195. The topological polar surface area (TPSA) is 87.3 Å². The molecule has 42 heavy (non-hydrogen) atoms. The zero-order chi connectivity index (χ0) is 30.5. The average Bonchev–Trinajstić information content (AvgIpc) is 2.92. The van der Waals surface area contributed by atoms with E-state index in [9.17, 15) is 26.4 Å². The first-order valence-electron chi connectivity index (χ1n) is 13.6. The number of carbonyl (C=O) groups is 1. The van der Waals surface area contributed by atoms with Crippen molar-refractivity contribution in [1.82, 2.24) is 15.4 Å². The molecule has 4 rings (SSSR count). The Morgan fingerprint density at radius 1 is 1.05 bits per heavy atom. The second-order valence-electron chi connectivity index (χ2n) is 10.3. The molecular formula is C30H32Cl2F3N3O3S. The van der Waals surface area contributed by atoms with Crippen molar-refractivity contribution in [2.45, 2.75) is 68.7 Å². The van der Waals surface area contributed by atoms with E-state index in [0.29, 0.717) is 11.6 Å². The number of amides is 1. The zero-order valence-electron chi connectivity index (χ0n) is 22.9. The molecule has 0 bridgehead atoms. The van der Waals surface area contributed by atoms with Crippen LogP contribution in [0.3, 0.4) is 0 Å². The molecule has 3 aromatic rings. The molecule has 0 aromatic heterocycles. The van der Waals surface area contributed by atoms with E-state index in [4.69, 9.17) is 23.2 Å². The van der Waals surface area contributed by atoms with Crippen LogP contribution in [0.25, 0.3) is 0 Å². The summed E-state index contributed by atoms with van der Waals surface area (Å²) < 4.78 is 68.7. The van der Waals surface area contributed by atoms with Crippen molar-refractivity contribution in [1.29, 1.82) is 0 Å². The summed E-state index contributed by atoms with van der Waals surface area (Å²) in [5.41, 5.74) is 2.53. The summed E-state index contributed by atoms with van der Waals surface area (Å²) in [4.78, 5) is 12.8. The highest BCUT2D eigenvalue weighted by molar-refractivity contribution is 7.89. The Kier molecular flexibility index (Phi) is 10.6. The Labute approximate surface area is 254 Å². The van der Waals surface area contributed by atoms with Crippen molar-refractivity contribution in [2.24, 2.45) is 0 Å². The summed E-state index contributed by atoms with van der Waals surface area (Å²) in [5.74, 6) is -0.436. The third kappa shape index (κ3) is 8.48. The minimum Gasteiger partial charge on any atom is -0.349 e. The molecule has 0 radical (unpaired) electrons. The van der Waals surface area contributed by atoms with Gasteiger partial charge in [0.05, 0.1) is 22.5 Å². The minimum atomic E-state index is -4.73. The van der Waals surface area contributed by atoms with Crippen LogP contribution in [0, 0.1) is 0 Å². The van der Waals surface area contributed by atoms with Crippen LogP contribution in [-0.4, -0.2) is 20.9 Å². The van der Waals surface area contributed by atoms with Gasteiger partial charge >= 0.3 is 6.18 Å². The van der Waals surface area contributed by atoms with Gasteiger partial charge in [0.15, 0.2) is 0 Å². The Morgan fingerprint density at radius 2 is 1.79 bits per heavy atom. The van der Waals surface area contributed by atoms with E-state index in [-0.39, 0.29) is 22.5 Å². The molecular weight excluding hydrogens is 610 g/mol. The number of halogens is 5. The number of hydrogen-bond donors (Lipinski definition) is 3. The summed E-state index contributed by atoms with van der Waals surface area (Å²) in [5, 5.41) is 6.84. The van der Waals surface area contributed by atoms with Crippen molar-refractivity contribution in [3.8, 4) is 0 Å². The van der Waals surface area contributed by atoms with Crippen LogP contribution in [0.15, 0.2) is 65.6 Å². The number of benzene rings is 3. The maximum absolute atomic E-state index is 13.4. The third-order valence-corrected chi connectivity index (χ3v) is 8.96. The van der Waals surface area contributed by atoms with E-state index in [2.05, 4.69) is 28.3 Å². The lowest BCUT2D eigenvalue weighted by atomic mass is 9.86. The number of alkyl halides is 3. The first-order chi connectivity index (χ1) is 19.9. The van der Waals surface area contributed by atoms with Gasteiger partial charge in [0.25, 0.3) is 0 Å². The Balaban J connectivity index is 1.56. The van der Waals surface area contributed by atoms with Crippen molar-refractivity contribution < 1.29 is 26.4 Å². The number of fused-ring (bicyclic) bond motifs is 1. The highest BCUT2D eigenvalue weighted by Crippen LogP contribution is 2.33. The van der Waals surface area contributed by atoms with Crippen LogP contribution >= 0.6 is 23.2 Å². The van der Waals surface area contributed by atoms with Crippen molar-refractivity contribution in [3.63, 3.8) is 0 Å². The van der Waals surface area contributed by atoms with Crippen molar-refractivity contribution >= 4 is 39.1 Å². The smallest absolute Gasteiger partial charge is 0.349 e. The molecule has 1 aliphatic carbocycles. The Bertz CT molecular complexity index is 1510. The van der Waals surface area contributed by atoms with Crippen molar-refractivity contribution in [3.05, 3.63) is 98.5 Å². The molecule has 6 nitrogen and oxygen atoms in total. The van der Waals surface area contributed by atoms with E-state index >= 15 is 0 Å². The van der Waals surface area contributed by atoms with Gasteiger partial charge < -0.3 is 10.6 Å². The third-order valence-electron chi connectivity index (χ3n) is 7.06. The normalized spacial score (nSPS) is 16.1. The molecule has 0 fully saturated rings. The largest absolute Gasteiger partial charge is 0.416 e. The minimum absolute atomic E-state index is 0.214. The van der Waals surface area contributed by atoms with Crippen molar-refractivity contribution in [2.75, 3.05) is 6.54 Å². The second-order valence-corrected chi connectivity index (χ2v) is 12.9. The number of sulfonamides is 1. The van der Waals surface area contributed by atoms with E-state index in [1.54, 1.807) is 0 Å². The lowest BCUT2D eigenvalue weighted by Gasteiger charge is -2.28. The highest BCUT2D eigenvalue weighted by atomic mass is 35.5. The number of rotatable bonds is 11. The molecule has 0 saturated carbocycles. The number of aryl methyl sites for hydroxylation is 1. The first kappa shape index (κ1) is 32.3. The van der Waals surface area contributed by atoms with Gasteiger partial charge in [-0.05, 0) is 90.9 Å². The molecule has 1 aliphatic rings. The standard InChI is InChI=1S/C30H32Cl2F3N3O3S/c1-2-11-36-18-19-9-10-26-20(12-19)5-3-8-27(26)37-29(39)17-28(21-13-23(31)16-24(32)14-21)38-42(40,41)25-7-4-6-22(15-25)30(33,34)35/h4,6-7,9-10,12-16,27-28,36,38H,2-3,5,8,11,17-18H2,1H3,(H,37,39)/t27-,28?/m1/s1. The van der Waals surface area contributed by atoms with Gasteiger partial charge in [-0.2, -0.15) is 13.2 Å². The molecule has 1 unspecified atom stereocenters. The van der Waals surface area contributed by atoms with Gasteiger partial charge in [0.2, 0.25) is 15.9 Å². The summed E-state index contributed by atoms with van der Waals surface area (Å²) >= 11 is 12.3. The zero-order valence-corrected chi connectivity index (χ0v) is 25.2. The number of carbonyl (C=O) groups excluding carboxylic acids is 1. The lowest BCUT2D eigenvalue weighted by Crippen LogP contribution is -2.36. The van der Waals surface area contributed by atoms with Crippen LogP contribution in [0.4, 0.5) is 13.2 Å². The molecule has 0 heterocycles. The van der Waals surface area contributed by atoms with Gasteiger partial charge in [0, 0.05) is 23.0 Å². The molecule has 3 aromatic carbocycles. The van der Waals surface area contributed by atoms with Gasteiger partial charge in [0.1, 0.15) is 0 Å². The fraction of sp³-hybridized carbons (Fsp3) is 0.367. The van der Waals surface area contributed by atoms with E-state index in [1.807, 2.05) is 12.1 Å². The lowest BCUT2D eigenvalue weighted by molar-refractivity contribution is -0.137. The molecule has 0 aliphatic heterocycles. The molecule has 3 N–H and O–H groups in total. The van der Waals surface area contributed by atoms with E-state index in [0.717, 1.165) is 73.7 Å². The van der Waals surface area contributed by atoms with Crippen LogP contribution in [0.1, 0.15) is 72.5 Å². The van der Waals surface area contributed by atoms with Gasteiger partial charge in [-0.25, -0.2) is 13.1 Å². The first-order valence-corrected chi connectivity index (χ1v) is 15.9. The molecule has 1 amide bonds. The summed E-state index contributed by atoms with van der Waals surface area (Å²) in [6.07, 6.45) is -1.54. The van der Waals surface area contributed by atoms with Crippen LogP contribution < -0.4 is 15.4 Å². The summed E-state index contributed by atoms with van der Waals surface area (Å²) in [7, 11) is -4.48. The van der Waals surface area contributed by atoms with Gasteiger partial charge in [-0.1, -0.05) is 54.4 Å². The fourth-order valence-corrected chi connectivity index (χ4v) is 6.89. The molecule has 12 heteroatoms. The summed E-state index contributed by atoms with van der Waals surface area (Å²) in [6.45, 7) is 3.79. The van der Waals surface area contributed by atoms with Crippen LogP contribution in [0.5, 0.6) is 0 Å². The number of hydrogen-bond acceptors (Lipinski definition) is 4. The van der Waals surface area contributed by atoms with Crippen LogP contribution in [-0.2, 0) is 34.0 Å². The molecule has 2 atom stereocenters. The van der Waals surface area contributed by atoms with Crippen LogP contribution in [0.2, 0.25) is 10.0 Å². The van der Waals surface area contributed by atoms with Gasteiger partial charge in [-0.15, -0.1) is 0 Å². The van der Waals surface area contributed by atoms with Gasteiger partial charge in [-0.3, -0.25) is 4.79 Å². The van der Waals surface area contributed by atoms with E-state index < -0.39 is 38.6 Å². The Morgan fingerprint density at radius 3 is 2.48 bits per heavy atom. The highest BCUT2D eigenvalue weighted by Gasteiger charge is 2.33. The monoisotopic (exact) mass is 641 g/mol. The molecule has 0 saturated heterocycles. The molecule has 226 valence electrons. The second kappa shape index (κ2) is 13.8. The maximum Gasteiger partial charge on any atom is 0.416 e. The predicted octanol–water partition coefficient (Wildman–Crippen LogP) is 7.12. The predicted molar refractivity (Wildman–Crippen MR) is 158 cm³/mol. The summed E-state index contributed by atoms with van der Waals surface area (Å²) in [6, 6.07) is 12.6.